The summed E-state index contributed by atoms with van der Waals surface area (Å²) in [7, 11) is 2.29. The van der Waals surface area contributed by atoms with Gasteiger partial charge in [0.25, 0.3) is 0 Å². The second kappa shape index (κ2) is 28.8. The maximum Gasteiger partial charge on any atom is 0.246 e. The molecule has 2 heterocycles. The summed E-state index contributed by atoms with van der Waals surface area (Å²) in [4.78, 5) is 136. The fourth-order valence-corrected chi connectivity index (χ4v) is 9.73. The quantitative estimate of drug-likeness (QED) is 0.0674. The van der Waals surface area contributed by atoms with Gasteiger partial charge in [0.15, 0.2) is 5.78 Å². The van der Waals surface area contributed by atoms with Crippen LogP contribution in [0.4, 0.5) is 0 Å². The van der Waals surface area contributed by atoms with E-state index in [-0.39, 0.29) is 56.7 Å². The van der Waals surface area contributed by atoms with Gasteiger partial charge in [0.2, 0.25) is 53.2 Å². The van der Waals surface area contributed by atoms with Crippen molar-refractivity contribution >= 4 is 80.5 Å². The Morgan fingerprint density at radius 3 is 2.15 bits per heavy atom. The van der Waals surface area contributed by atoms with Crippen LogP contribution in [0.1, 0.15) is 84.6 Å². The number of hydrogen-bond acceptors (Lipinski definition) is 15. The first kappa shape index (κ1) is 56.9. The molecule has 2 saturated heterocycles. The number of hydrogen-bond donors (Lipinski definition) is 10. The Morgan fingerprint density at radius 2 is 1.53 bits per heavy atom. The average Bonchev–Trinajstić information content (AvgIpc) is 3.79. The molecule has 1 aromatic rings. The van der Waals surface area contributed by atoms with Crippen LogP contribution in [0.15, 0.2) is 24.3 Å². The van der Waals surface area contributed by atoms with Gasteiger partial charge in [-0.3, -0.25) is 47.9 Å². The summed E-state index contributed by atoms with van der Waals surface area (Å²) >= 11 is 0. The third kappa shape index (κ3) is 18.2. The van der Waals surface area contributed by atoms with E-state index >= 15 is 0 Å². The number of likely N-dealkylation sites (tertiary alicyclic amines) is 1. The van der Waals surface area contributed by atoms with E-state index in [2.05, 4.69) is 31.9 Å². The van der Waals surface area contributed by atoms with Crippen molar-refractivity contribution in [2.24, 2.45) is 29.0 Å². The number of nitrogens with zero attached hydrogens (tertiary/aromatic N) is 1. The maximum absolute atomic E-state index is 14.4. The average molecular weight is 993 g/mol. The molecule has 2 fully saturated rings. The Balaban J connectivity index is 1.99. The number of primary amides is 2. The molecule has 0 aromatic heterocycles. The zero-order valence-electron chi connectivity index (χ0n) is 39.0. The van der Waals surface area contributed by atoms with Gasteiger partial charge in [-0.2, -0.15) is 0 Å². The Hall–Kier alpha value is -5.46. The summed E-state index contributed by atoms with van der Waals surface area (Å²) in [5.41, 5.74) is 17.0. The predicted molar refractivity (Wildman–Crippen MR) is 254 cm³/mol. The van der Waals surface area contributed by atoms with Crippen molar-refractivity contribution in [3.05, 3.63) is 29.8 Å². The Kier molecular flexibility index (Phi) is 24.1. The summed E-state index contributed by atoms with van der Waals surface area (Å²) in [6.07, 6.45) is -1.03. The molecule has 3 rings (SSSR count). The van der Waals surface area contributed by atoms with Crippen molar-refractivity contribution in [2.45, 2.75) is 128 Å². The van der Waals surface area contributed by atoms with Gasteiger partial charge < -0.3 is 63.8 Å². The lowest BCUT2D eigenvalue weighted by molar-refractivity contribution is -0.142. The lowest BCUT2D eigenvalue weighted by Crippen LogP contribution is -2.62. The molecule has 0 aliphatic carbocycles. The van der Waals surface area contributed by atoms with E-state index in [0.717, 1.165) is 10.8 Å². The molecule has 1 aromatic carbocycles. The van der Waals surface area contributed by atoms with Gasteiger partial charge in [-0.1, -0.05) is 54.0 Å². The largest absolute Gasteiger partial charge is 0.494 e. The minimum Gasteiger partial charge on any atom is -0.494 e. The lowest BCUT2D eigenvalue weighted by atomic mass is 9.92. The first-order valence-electron chi connectivity index (χ1n) is 22.8. The number of nitrogens with two attached hydrogens (primary N) is 3. The van der Waals surface area contributed by atoms with Crippen LogP contribution in [0.2, 0.25) is 0 Å². The fraction of sp³-hybridized carbons (Fsp3) is 0.636. The molecule has 24 heteroatoms. The van der Waals surface area contributed by atoms with E-state index < -0.39 is 126 Å². The Bertz CT molecular complexity index is 1940. The van der Waals surface area contributed by atoms with Crippen LogP contribution in [0.25, 0.3) is 0 Å². The highest BCUT2D eigenvalue weighted by atomic mass is 33.1. The zero-order valence-corrected chi connectivity index (χ0v) is 40.7. The second-order valence-electron chi connectivity index (χ2n) is 16.8. The normalized spacial score (nSPS) is 23.9. The Morgan fingerprint density at radius 1 is 0.868 bits per heavy atom. The molecule has 22 nitrogen and oxygen atoms in total. The molecule has 2 aliphatic rings. The number of amides is 9. The third-order valence-corrected chi connectivity index (χ3v) is 13.9. The van der Waals surface area contributed by atoms with Gasteiger partial charge in [0.1, 0.15) is 36.0 Å². The van der Waals surface area contributed by atoms with Crippen LogP contribution < -0.4 is 53.8 Å². The van der Waals surface area contributed by atoms with Gasteiger partial charge in [-0.05, 0) is 69.7 Å². The smallest absolute Gasteiger partial charge is 0.246 e. The van der Waals surface area contributed by atoms with Crippen LogP contribution in [-0.2, 0) is 54.4 Å². The molecule has 0 spiro atoms. The number of aliphatic hydroxyl groups excluding tert-OH is 1. The van der Waals surface area contributed by atoms with Crippen molar-refractivity contribution in [1.82, 2.24) is 36.8 Å². The first-order chi connectivity index (χ1) is 32.3. The van der Waals surface area contributed by atoms with E-state index in [1.807, 2.05) is 6.92 Å². The van der Waals surface area contributed by atoms with Crippen molar-refractivity contribution in [3.63, 3.8) is 0 Å². The molecule has 378 valence electrons. The highest BCUT2D eigenvalue weighted by molar-refractivity contribution is 8.76. The third-order valence-electron chi connectivity index (χ3n) is 11.5. The Labute approximate surface area is 404 Å². The van der Waals surface area contributed by atoms with Crippen molar-refractivity contribution in [3.8, 4) is 5.75 Å². The van der Waals surface area contributed by atoms with E-state index in [9.17, 15) is 53.1 Å². The van der Waals surface area contributed by atoms with Crippen molar-refractivity contribution in [1.29, 1.82) is 0 Å². The molecule has 0 saturated carbocycles. The van der Waals surface area contributed by atoms with Crippen molar-refractivity contribution < 1.29 is 57.8 Å². The predicted octanol–water partition coefficient (Wildman–Crippen LogP) is -1.95. The number of carbonyl (C=O) groups excluding carboxylic acids is 10. The number of benzene rings is 1. The monoisotopic (exact) mass is 992 g/mol. The summed E-state index contributed by atoms with van der Waals surface area (Å²) in [6.45, 7) is 6.86. The van der Waals surface area contributed by atoms with Gasteiger partial charge in [-0.25, -0.2) is 0 Å². The summed E-state index contributed by atoms with van der Waals surface area (Å²) in [5, 5.41) is 26.1. The molecule has 2 aliphatic heterocycles. The highest BCUT2D eigenvalue weighted by Crippen LogP contribution is 2.27. The van der Waals surface area contributed by atoms with Crippen LogP contribution in [-0.4, -0.2) is 149 Å². The number of nitrogens with one attached hydrogen (secondary N) is 6. The first-order valence-corrected chi connectivity index (χ1v) is 25.3. The second-order valence-corrected chi connectivity index (χ2v) is 19.4. The molecule has 9 atom stereocenters. The SMILES string of the molecule is CCOc1ccc(C[C@H]2NC(=O)CCSSC[C@@H](C(=O)N3CCC[C@H]3C(=O)C[C@@H](CCCN)C(=O)NCC(N)=O)NC(=O)[C@H](CC(N)=O)NC(=O)[C@H]([C@@H](C)O)NC(=O)[C@H]([C@@H](C)CC)NC2=O)cc1. The topological polar surface area (TPSA) is 354 Å². The molecule has 9 amide bonds. The molecular weight excluding hydrogens is 925 g/mol. The van der Waals surface area contributed by atoms with Gasteiger partial charge in [-0.15, -0.1) is 0 Å². The molecule has 13 N–H and O–H groups in total. The summed E-state index contributed by atoms with van der Waals surface area (Å²) in [6, 6.07) is -1.31. The van der Waals surface area contributed by atoms with E-state index in [4.69, 9.17) is 21.9 Å². The fourth-order valence-electron chi connectivity index (χ4n) is 7.59. The minimum absolute atomic E-state index is 0.0288. The molecule has 68 heavy (non-hydrogen) atoms. The van der Waals surface area contributed by atoms with E-state index in [1.54, 1.807) is 38.1 Å². The number of ketones is 1. The van der Waals surface area contributed by atoms with Crippen LogP contribution in [0.5, 0.6) is 5.75 Å². The highest BCUT2D eigenvalue weighted by Gasteiger charge is 2.41. The number of rotatable bonds is 19. The number of ether oxygens (including phenoxy) is 1. The van der Waals surface area contributed by atoms with Gasteiger partial charge >= 0.3 is 0 Å². The van der Waals surface area contributed by atoms with E-state index in [0.29, 0.717) is 37.2 Å². The van der Waals surface area contributed by atoms with E-state index in [1.165, 1.54) is 22.6 Å². The number of Topliss-reactive ketones (excluding diaryl/α,β-unsaturated/α-hetero) is 1. The van der Waals surface area contributed by atoms with Gasteiger partial charge in [0, 0.05) is 43.2 Å². The van der Waals surface area contributed by atoms with Crippen LogP contribution in [0, 0.1) is 11.8 Å². The lowest BCUT2D eigenvalue weighted by Gasteiger charge is -2.31. The molecular formula is C44H68N10O12S2. The number of carbonyl (C=O) groups is 10. The van der Waals surface area contributed by atoms with Crippen LogP contribution >= 0.6 is 21.6 Å². The zero-order chi connectivity index (χ0) is 50.5. The summed E-state index contributed by atoms with van der Waals surface area (Å²) in [5.74, 6) is -8.42. The van der Waals surface area contributed by atoms with Crippen molar-refractivity contribution in [2.75, 3.05) is 37.7 Å². The number of aliphatic hydroxyl groups is 1. The standard InChI is InChI=1S/C44H68N10O12S2/c1-5-24(3)37-42(63)53-38(25(4)55)43(64)50-30(21-34(46)57)40(61)51-31(44(65)54-17-8-10-32(54)33(56)20-27(9-7-16-45)39(60)48-22-35(47)58)23-68-67-18-15-36(59)49-29(41(62)52-37)19-26-11-13-28(14-12-26)66-6-2/h11-14,24-25,27,29-32,37-38,55H,5-10,15-23,45H2,1-4H3,(H2,46,57)(H2,47,58)(H,48,60)(H,49,59)(H,50,64)(H,51,61)(H,52,62)(H,53,63)/t24-,25+,27+,29+,30-,31-,32-,37-,38-/m0/s1. The maximum atomic E-state index is 14.4. The molecule has 0 radical (unpaired) electrons. The summed E-state index contributed by atoms with van der Waals surface area (Å²) < 4.78 is 5.54. The molecule has 0 bridgehead atoms. The van der Waals surface area contributed by atoms with Gasteiger partial charge in [0.05, 0.1) is 31.7 Å². The minimum atomic E-state index is -1.73. The molecule has 0 unspecified atom stereocenters. The van der Waals surface area contributed by atoms with Crippen LogP contribution in [0.3, 0.4) is 0 Å².